The average Bonchev–Trinajstić information content (AvgIpc) is 2.28. The topological polar surface area (TPSA) is 66.4 Å². The van der Waals surface area contributed by atoms with Crippen molar-refractivity contribution in [1.82, 2.24) is 5.32 Å². The van der Waals surface area contributed by atoms with Crippen molar-refractivity contribution in [1.29, 1.82) is 0 Å². The second-order valence-corrected chi connectivity index (χ2v) is 4.79. The van der Waals surface area contributed by atoms with Gasteiger partial charge >= 0.3 is 5.97 Å². The summed E-state index contributed by atoms with van der Waals surface area (Å²) >= 11 is 2.09. The van der Waals surface area contributed by atoms with Crippen LogP contribution in [0.25, 0.3) is 0 Å². The number of hydrogen-bond donors (Lipinski definition) is 2. The zero-order valence-corrected chi connectivity index (χ0v) is 11.8. The Bertz CT molecular complexity index is 445. The van der Waals surface area contributed by atoms with E-state index in [1.807, 2.05) is 13.0 Å². The molecule has 1 rings (SSSR count). The van der Waals surface area contributed by atoms with E-state index < -0.39 is 12.0 Å². The molecule has 92 valence electrons. The molecule has 1 amide bonds. The van der Waals surface area contributed by atoms with Crippen molar-refractivity contribution in [3.63, 3.8) is 0 Å². The van der Waals surface area contributed by atoms with Crippen LogP contribution in [0.3, 0.4) is 0 Å². The number of carbonyl (C=O) groups is 2. The fraction of sp³-hybridized carbons (Fsp3) is 0.333. The van der Waals surface area contributed by atoms with Crippen LogP contribution in [0.1, 0.15) is 29.3 Å². The third kappa shape index (κ3) is 3.42. The lowest BCUT2D eigenvalue weighted by Crippen LogP contribution is -2.40. The van der Waals surface area contributed by atoms with Gasteiger partial charge in [-0.1, -0.05) is 19.1 Å². The Balaban J connectivity index is 2.90. The Kier molecular flexibility index (Phi) is 4.92. The highest BCUT2D eigenvalue weighted by molar-refractivity contribution is 14.1. The summed E-state index contributed by atoms with van der Waals surface area (Å²) in [5.74, 6) is -1.35. The van der Waals surface area contributed by atoms with Gasteiger partial charge in [0.2, 0.25) is 0 Å². The predicted molar refractivity (Wildman–Crippen MR) is 73.1 cm³/mol. The van der Waals surface area contributed by atoms with Crippen molar-refractivity contribution in [2.45, 2.75) is 26.3 Å². The molecule has 4 nitrogen and oxygen atoms in total. The van der Waals surface area contributed by atoms with E-state index in [9.17, 15) is 9.59 Å². The van der Waals surface area contributed by atoms with E-state index in [0.29, 0.717) is 12.0 Å². The van der Waals surface area contributed by atoms with Gasteiger partial charge < -0.3 is 10.4 Å². The minimum atomic E-state index is -1.01. The molecule has 0 aromatic heterocycles. The Morgan fingerprint density at radius 1 is 1.47 bits per heavy atom. The van der Waals surface area contributed by atoms with E-state index in [-0.39, 0.29) is 5.91 Å². The van der Waals surface area contributed by atoms with E-state index in [1.165, 1.54) is 0 Å². The van der Waals surface area contributed by atoms with Gasteiger partial charge in [0, 0.05) is 3.57 Å². The van der Waals surface area contributed by atoms with E-state index in [2.05, 4.69) is 27.9 Å². The summed E-state index contributed by atoms with van der Waals surface area (Å²) < 4.78 is 0.850. The first kappa shape index (κ1) is 14.0. The summed E-state index contributed by atoms with van der Waals surface area (Å²) in [7, 11) is 0. The number of carboxylic acids is 1. The monoisotopic (exact) mass is 347 g/mol. The van der Waals surface area contributed by atoms with Crippen LogP contribution in [-0.4, -0.2) is 23.0 Å². The van der Waals surface area contributed by atoms with Crippen molar-refractivity contribution in [3.05, 3.63) is 32.9 Å². The Hall–Kier alpha value is -1.11. The predicted octanol–water partition coefficient (Wildman–Crippen LogP) is 2.19. The molecule has 0 fully saturated rings. The molecular weight excluding hydrogens is 333 g/mol. The van der Waals surface area contributed by atoms with E-state index in [0.717, 1.165) is 9.13 Å². The molecule has 0 spiro atoms. The van der Waals surface area contributed by atoms with Gasteiger partial charge in [0.1, 0.15) is 6.04 Å². The first-order chi connectivity index (χ1) is 7.97. The maximum absolute atomic E-state index is 11.9. The van der Waals surface area contributed by atoms with Crippen LogP contribution >= 0.6 is 22.6 Å². The number of amides is 1. The molecule has 0 unspecified atom stereocenters. The molecule has 17 heavy (non-hydrogen) atoms. The van der Waals surface area contributed by atoms with Gasteiger partial charge in [-0.2, -0.15) is 0 Å². The van der Waals surface area contributed by atoms with Crippen LogP contribution in [0.5, 0.6) is 0 Å². The third-order valence-corrected chi connectivity index (χ3v) is 3.88. The first-order valence-corrected chi connectivity index (χ1v) is 6.34. The fourth-order valence-corrected chi connectivity index (χ4v) is 2.00. The smallest absolute Gasteiger partial charge is 0.326 e. The molecule has 2 N–H and O–H groups in total. The van der Waals surface area contributed by atoms with E-state index in [4.69, 9.17) is 5.11 Å². The van der Waals surface area contributed by atoms with Gasteiger partial charge in [-0.25, -0.2) is 4.79 Å². The van der Waals surface area contributed by atoms with Gasteiger partial charge in [0.05, 0.1) is 5.56 Å². The zero-order chi connectivity index (χ0) is 13.0. The lowest BCUT2D eigenvalue weighted by Gasteiger charge is -2.13. The van der Waals surface area contributed by atoms with Crippen molar-refractivity contribution < 1.29 is 14.7 Å². The summed E-state index contributed by atoms with van der Waals surface area (Å²) in [6.07, 6.45) is 0.365. The van der Waals surface area contributed by atoms with Crippen LogP contribution < -0.4 is 5.32 Å². The summed E-state index contributed by atoms with van der Waals surface area (Å²) in [6, 6.07) is 4.55. The van der Waals surface area contributed by atoms with Crippen LogP contribution in [0.2, 0.25) is 0 Å². The Morgan fingerprint density at radius 3 is 2.65 bits per heavy atom. The molecular formula is C12H14INO3. The fourth-order valence-electron chi connectivity index (χ4n) is 1.40. The summed E-state index contributed by atoms with van der Waals surface area (Å²) in [5, 5.41) is 11.4. The highest BCUT2D eigenvalue weighted by Crippen LogP contribution is 2.16. The quantitative estimate of drug-likeness (QED) is 0.821. The van der Waals surface area contributed by atoms with Gasteiger partial charge in [-0.15, -0.1) is 0 Å². The highest BCUT2D eigenvalue weighted by atomic mass is 127. The molecule has 0 aliphatic rings. The Labute approximate surface area is 114 Å². The number of rotatable bonds is 4. The van der Waals surface area contributed by atoms with Gasteiger partial charge in [0.15, 0.2) is 0 Å². The number of aryl methyl sites for hydroxylation is 1. The summed E-state index contributed by atoms with van der Waals surface area (Å²) in [6.45, 7) is 3.63. The minimum Gasteiger partial charge on any atom is -0.480 e. The molecule has 0 aliphatic carbocycles. The van der Waals surface area contributed by atoms with E-state index >= 15 is 0 Å². The molecule has 1 aromatic rings. The molecule has 0 saturated carbocycles. The van der Waals surface area contributed by atoms with Crippen LogP contribution in [0.4, 0.5) is 0 Å². The normalized spacial score (nSPS) is 11.9. The molecule has 0 saturated heterocycles. The third-order valence-electron chi connectivity index (χ3n) is 2.45. The standard InChI is InChI=1S/C12H14INO3/c1-3-9(12(16)17)14-11(15)8-6-4-5-7(2)10(8)13/h4-6,9H,3H2,1-2H3,(H,14,15)(H,16,17)/t9-/m0/s1. The maximum atomic E-state index is 11.9. The molecule has 5 heteroatoms. The zero-order valence-electron chi connectivity index (χ0n) is 9.66. The van der Waals surface area contributed by atoms with Gasteiger partial charge in [-0.05, 0) is 47.6 Å². The Morgan fingerprint density at radius 2 is 2.12 bits per heavy atom. The van der Waals surface area contributed by atoms with E-state index in [1.54, 1.807) is 19.1 Å². The number of carboxylic acid groups (broad SMARTS) is 1. The number of hydrogen-bond acceptors (Lipinski definition) is 2. The number of halogens is 1. The second kappa shape index (κ2) is 6.00. The summed E-state index contributed by atoms with van der Waals surface area (Å²) in [5.41, 5.74) is 1.52. The molecule has 1 atom stereocenters. The van der Waals surface area contributed by atoms with Crippen molar-refractivity contribution in [3.8, 4) is 0 Å². The van der Waals surface area contributed by atoms with Crippen LogP contribution in [0.15, 0.2) is 18.2 Å². The molecule has 1 aromatic carbocycles. The minimum absolute atomic E-state index is 0.340. The van der Waals surface area contributed by atoms with Crippen molar-refractivity contribution in [2.24, 2.45) is 0 Å². The molecule has 0 aliphatic heterocycles. The number of benzene rings is 1. The molecule has 0 heterocycles. The number of nitrogens with one attached hydrogen (secondary N) is 1. The molecule has 0 radical (unpaired) electrons. The lowest BCUT2D eigenvalue weighted by atomic mass is 10.1. The van der Waals surface area contributed by atoms with Crippen molar-refractivity contribution >= 4 is 34.5 Å². The highest BCUT2D eigenvalue weighted by Gasteiger charge is 2.19. The number of carbonyl (C=O) groups excluding carboxylic acids is 1. The van der Waals surface area contributed by atoms with Crippen LogP contribution in [0, 0.1) is 10.5 Å². The molecule has 0 bridgehead atoms. The van der Waals surface area contributed by atoms with Crippen molar-refractivity contribution in [2.75, 3.05) is 0 Å². The largest absolute Gasteiger partial charge is 0.480 e. The SMILES string of the molecule is CC[C@H](NC(=O)c1cccc(C)c1I)C(=O)O. The first-order valence-electron chi connectivity index (χ1n) is 5.26. The van der Waals surface area contributed by atoms with Crippen LogP contribution in [-0.2, 0) is 4.79 Å². The van der Waals surface area contributed by atoms with Gasteiger partial charge in [-0.3, -0.25) is 4.79 Å². The number of aliphatic carboxylic acids is 1. The maximum Gasteiger partial charge on any atom is 0.326 e. The second-order valence-electron chi connectivity index (χ2n) is 3.71. The lowest BCUT2D eigenvalue weighted by molar-refractivity contribution is -0.139. The average molecular weight is 347 g/mol. The summed E-state index contributed by atoms with van der Waals surface area (Å²) in [4.78, 5) is 22.7. The van der Waals surface area contributed by atoms with Gasteiger partial charge in [0.25, 0.3) is 5.91 Å².